The average molecular weight is 487 g/mol. The van der Waals surface area contributed by atoms with Crippen LogP contribution in [0, 0.1) is 10.1 Å². The summed E-state index contributed by atoms with van der Waals surface area (Å²) in [5.74, 6) is -0.811. The summed E-state index contributed by atoms with van der Waals surface area (Å²) in [6.45, 7) is 1.98. The van der Waals surface area contributed by atoms with E-state index in [9.17, 15) is 19.7 Å². The van der Waals surface area contributed by atoms with Crippen LogP contribution in [0.2, 0.25) is 0 Å². The smallest absolute Gasteiger partial charge is 0.293 e. The molecule has 3 aromatic rings. The van der Waals surface area contributed by atoms with Crippen LogP contribution in [-0.2, 0) is 6.42 Å². The first-order valence-electron chi connectivity index (χ1n) is 12.3. The van der Waals surface area contributed by atoms with Gasteiger partial charge in [0.1, 0.15) is 5.69 Å². The third-order valence-corrected chi connectivity index (χ3v) is 6.34. The number of nitrogens with one attached hydrogen (secondary N) is 2. The molecule has 186 valence electrons. The number of nitro benzene ring substituents is 1. The van der Waals surface area contributed by atoms with Crippen LogP contribution >= 0.6 is 0 Å². The molecule has 0 atom stereocenters. The van der Waals surface area contributed by atoms with Crippen LogP contribution in [0.25, 0.3) is 0 Å². The molecule has 1 saturated heterocycles. The third-order valence-electron chi connectivity index (χ3n) is 6.34. The second-order valence-electron chi connectivity index (χ2n) is 8.85. The highest BCUT2D eigenvalue weighted by molar-refractivity contribution is 6.09. The summed E-state index contributed by atoms with van der Waals surface area (Å²) in [7, 11) is 0. The number of anilines is 2. The molecule has 0 spiro atoms. The molecule has 1 aliphatic rings. The van der Waals surface area contributed by atoms with Gasteiger partial charge >= 0.3 is 0 Å². The number of amides is 2. The maximum Gasteiger partial charge on any atom is 0.293 e. The number of carbonyl (C=O) groups excluding carboxylic acids is 2. The lowest BCUT2D eigenvalue weighted by molar-refractivity contribution is -0.384. The van der Waals surface area contributed by atoms with Gasteiger partial charge in [0, 0.05) is 31.3 Å². The zero-order valence-electron chi connectivity index (χ0n) is 20.1. The first-order chi connectivity index (χ1) is 17.5. The Kier molecular flexibility index (Phi) is 8.28. The van der Waals surface area contributed by atoms with Crippen molar-refractivity contribution in [2.75, 3.05) is 29.9 Å². The van der Waals surface area contributed by atoms with E-state index in [1.54, 1.807) is 36.4 Å². The monoisotopic (exact) mass is 486 g/mol. The minimum absolute atomic E-state index is 0.0866. The van der Waals surface area contributed by atoms with Crippen molar-refractivity contribution in [1.29, 1.82) is 0 Å². The molecular weight excluding hydrogens is 456 g/mol. The van der Waals surface area contributed by atoms with Crippen LogP contribution in [0.5, 0.6) is 0 Å². The summed E-state index contributed by atoms with van der Waals surface area (Å²) in [6.07, 6.45) is 4.90. The van der Waals surface area contributed by atoms with E-state index < -0.39 is 10.8 Å². The van der Waals surface area contributed by atoms with Gasteiger partial charge in [-0.2, -0.15) is 0 Å². The van der Waals surface area contributed by atoms with Crippen LogP contribution in [-0.4, -0.2) is 36.4 Å². The number of rotatable bonds is 8. The fourth-order valence-electron chi connectivity index (χ4n) is 4.43. The van der Waals surface area contributed by atoms with E-state index >= 15 is 0 Å². The standard InChI is InChI=1S/C28H30N4O4/c33-27(22-14-15-25(26(20-22)32(35)36)31-18-8-1-2-9-19-31)30-24-13-7-6-12-23(24)28(34)29-17-16-21-10-4-3-5-11-21/h3-7,10-15,20H,1-2,8-9,16-19H2,(H,29,34)(H,30,33). The van der Waals surface area contributed by atoms with Crippen LogP contribution in [0.3, 0.4) is 0 Å². The van der Waals surface area contributed by atoms with Gasteiger partial charge in [-0.3, -0.25) is 19.7 Å². The molecule has 0 saturated carbocycles. The molecule has 0 unspecified atom stereocenters. The number of nitrogens with zero attached hydrogens (tertiary/aromatic N) is 2. The minimum atomic E-state index is -0.509. The second kappa shape index (κ2) is 12.0. The molecule has 0 radical (unpaired) electrons. The van der Waals surface area contributed by atoms with Crippen molar-refractivity contribution in [3.63, 3.8) is 0 Å². The highest BCUT2D eigenvalue weighted by Crippen LogP contribution is 2.31. The van der Waals surface area contributed by atoms with E-state index in [2.05, 4.69) is 10.6 Å². The lowest BCUT2D eigenvalue weighted by Crippen LogP contribution is -2.27. The molecule has 1 aliphatic heterocycles. The van der Waals surface area contributed by atoms with E-state index in [1.165, 1.54) is 6.07 Å². The Morgan fingerprint density at radius 3 is 2.28 bits per heavy atom. The maximum absolute atomic E-state index is 13.0. The third kappa shape index (κ3) is 6.27. The van der Waals surface area contributed by atoms with Gasteiger partial charge in [0.05, 0.1) is 16.2 Å². The Hall–Kier alpha value is -4.20. The molecule has 2 amide bonds. The van der Waals surface area contributed by atoms with Gasteiger partial charge in [0.25, 0.3) is 17.5 Å². The van der Waals surface area contributed by atoms with Gasteiger partial charge in [0.2, 0.25) is 0 Å². The molecule has 0 bridgehead atoms. The number of para-hydroxylation sites is 1. The van der Waals surface area contributed by atoms with Crippen LogP contribution in [0.1, 0.15) is 52.0 Å². The van der Waals surface area contributed by atoms with Gasteiger partial charge in [-0.15, -0.1) is 0 Å². The van der Waals surface area contributed by atoms with Crippen LogP contribution in [0.15, 0.2) is 72.8 Å². The summed E-state index contributed by atoms with van der Waals surface area (Å²) >= 11 is 0. The Morgan fingerprint density at radius 2 is 1.56 bits per heavy atom. The van der Waals surface area contributed by atoms with E-state index in [0.717, 1.165) is 44.3 Å². The molecule has 1 fully saturated rings. The molecule has 8 nitrogen and oxygen atoms in total. The first-order valence-corrected chi connectivity index (χ1v) is 12.3. The number of carbonyl (C=O) groups is 2. The fourth-order valence-corrected chi connectivity index (χ4v) is 4.43. The van der Waals surface area contributed by atoms with Crippen molar-refractivity contribution in [2.24, 2.45) is 0 Å². The maximum atomic E-state index is 13.0. The topological polar surface area (TPSA) is 105 Å². The summed E-state index contributed by atoms with van der Waals surface area (Å²) in [4.78, 5) is 39.2. The number of nitro groups is 1. The average Bonchev–Trinajstić information content (AvgIpc) is 3.19. The Balaban J connectivity index is 1.47. The van der Waals surface area contributed by atoms with Gasteiger partial charge < -0.3 is 15.5 Å². The van der Waals surface area contributed by atoms with Gasteiger partial charge in [-0.25, -0.2) is 0 Å². The predicted octanol–water partition coefficient (Wildman–Crippen LogP) is 5.20. The zero-order chi connectivity index (χ0) is 25.3. The van der Waals surface area contributed by atoms with Gasteiger partial charge in [-0.1, -0.05) is 55.3 Å². The normalized spacial score (nSPS) is 13.5. The molecule has 1 heterocycles. The van der Waals surface area contributed by atoms with Crippen molar-refractivity contribution >= 4 is 28.9 Å². The van der Waals surface area contributed by atoms with Gasteiger partial charge in [0.15, 0.2) is 0 Å². The molecule has 0 aromatic heterocycles. The van der Waals surface area contributed by atoms with Crippen molar-refractivity contribution in [1.82, 2.24) is 5.32 Å². The van der Waals surface area contributed by atoms with E-state index in [4.69, 9.17) is 0 Å². The summed E-state index contributed by atoms with van der Waals surface area (Å²) in [5, 5.41) is 17.5. The quantitative estimate of drug-likeness (QED) is 0.336. The van der Waals surface area contributed by atoms with Gasteiger partial charge in [-0.05, 0) is 49.1 Å². The number of hydrogen-bond acceptors (Lipinski definition) is 5. The summed E-state index contributed by atoms with van der Waals surface area (Å²) < 4.78 is 0. The molecule has 4 rings (SSSR count). The Labute approximate surface area is 210 Å². The van der Waals surface area contributed by atoms with Crippen LogP contribution in [0.4, 0.5) is 17.1 Å². The largest absolute Gasteiger partial charge is 0.366 e. The number of benzene rings is 3. The highest BCUT2D eigenvalue weighted by Gasteiger charge is 2.23. The molecular formula is C28H30N4O4. The molecule has 3 aromatic carbocycles. The minimum Gasteiger partial charge on any atom is -0.366 e. The number of hydrogen-bond donors (Lipinski definition) is 2. The summed E-state index contributed by atoms with van der Waals surface area (Å²) in [6, 6.07) is 21.1. The highest BCUT2D eigenvalue weighted by atomic mass is 16.6. The molecule has 0 aliphatic carbocycles. The fraction of sp³-hybridized carbons (Fsp3) is 0.286. The van der Waals surface area contributed by atoms with Crippen molar-refractivity contribution in [3.05, 3.63) is 99.6 Å². The lowest BCUT2D eigenvalue weighted by atomic mass is 10.1. The molecule has 36 heavy (non-hydrogen) atoms. The molecule has 2 N–H and O–H groups in total. The van der Waals surface area contributed by atoms with Crippen LogP contribution < -0.4 is 15.5 Å². The molecule has 8 heteroatoms. The Bertz CT molecular complexity index is 1220. The first kappa shape index (κ1) is 24.9. The predicted molar refractivity (Wildman–Crippen MR) is 141 cm³/mol. The van der Waals surface area contributed by atoms with Crippen molar-refractivity contribution < 1.29 is 14.5 Å². The summed E-state index contributed by atoms with van der Waals surface area (Å²) in [5.41, 5.74) is 2.41. The Morgan fingerprint density at radius 1 is 0.861 bits per heavy atom. The zero-order valence-corrected chi connectivity index (χ0v) is 20.1. The lowest BCUT2D eigenvalue weighted by Gasteiger charge is -2.22. The van der Waals surface area contributed by atoms with E-state index in [0.29, 0.717) is 29.9 Å². The van der Waals surface area contributed by atoms with E-state index in [-0.39, 0.29) is 17.2 Å². The van der Waals surface area contributed by atoms with Crippen molar-refractivity contribution in [3.8, 4) is 0 Å². The SMILES string of the molecule is O=C(Nc1ccccc1C(=O)NCCc1ccccc1)c1ccc(N2CCCCCC2)c([N+](=O)[O-])c1. The van der Waals surface area contributed by atoms with Crippen molar-refractivity contribution in [2.45, 2.75) is 32.1 Å². The second-order valence-corrected chi connectivity index (χ2v) is 8.85. The van der Waals surface area contributed by atoms with E-state index in [1.807, 2.05) is 35.2 Å².